The Labute approximate surface area is 80.0 Å². The van der Waals surface area contributed by atoms with Crippen LogP contribution in [0.5, 0.6) is 5.75 Å². The molecule has 1 heterocycles. The van der Waals surface area contributed by atoms with E-state index >= 15 is 0 Å². The van der Waals surface area contributed by atoms with Crippen molar-refractivity contribution < 1.29 is 4.74 Å². The number of aromatic nitrogens is 1. The first-order valence-electron chi connectivity index (χ1n) is 4.46. The van der Waals surface area contributed by atoms with Crippen LogP contribution in [0.2, 0.25) is 0 Å². The SMILES string of the molecule is COc1cc(C)cnc1C(C)(C)C. The van der Waals surface area contributed by atoms with Gasteiger partial charge >= 0.3 is 0 Å². The number of methoxy groups -OCH3 is 1. The van der Waals surface area contributed by atoms with Crippen molar-refractivity contribution in [2.24, 2.45) is 0 Å². The van der Waals surface area contributed by atoms with Crippen molar-refractivity contribution in [2.75, 3.05) is 7.11 Å². The molecule has 0 spiro atoms. The Morgan fingerprint density at radius 2 is 1.92 bits per heavy atom. The lowest BCUT2D eigenvalue weighted by molar-refractivity contribution is 0.391. The minimum Gasteiger partial charge on any atom is -0.495 e. The molecule has 0 fully saturated rings. The molecule has 2 nitrogen and oxygen atoms in total. The van der Waals surface area contributed by atoms with E-state index in [-0.39, 0.29) is 5.41 Å². The fourth-order valence-electron chi connectivity index (χ4n) is 1.26. The van der Waals surface area contributed by atoms with Crippen LogP contribution in [0, 0.1) is 6.92 Å². The van der Waals surface area contributed by atoms with Crippen LogP contribution in [0.4, 0.5) is 0 Å². The molecule has 1 rings (SSSR count). The monoisotopic (exact) mass is 179 g/mol. The van der Waals surface area contributed by atoms with Crippen LogP contribution >= 0.6 is 0 Å². The average Bonchev–Trinajstić information content (AvgIpc) is 2.01. The van der Waals surface area contributed by atoms with Gasteiger partial charge in [-0.1, -0.05) is 20.8 Å². The maximum atomic E-state index is 5.29. The second-order valence-electron chi connectivity index (χ2n) is 4.31. The van der Waals surface area contributed by atoms with Gasteiger partial charge in [-0.25, -0.2) is 0 Å². The lowest BCUT2D eigenvalue weighted by Gasteiger charge is -2.20. The van der Waals surface area contributed by atoms with Gasteiger partial charge in [0.15, 0.2) is 0 Å². The minimum atomic E-state index is 0.0407. The van der Waals surface area contributed by atoms with Crippen molar-refractivity contribution in [2.45, 2.75) is 33.1 Å². The van der Waals surface area contributed by atoms with E-state index in [1.54, 1.807) is 7.11 Å². The first-order valence-corrected chi connectivity index (χ1v) is 4.46. The minimum absolute atomic E-state index is 0.0407. The Hall–Kier alpha value is -1.05. The fourth-order valence-corrected chi connectivity index (χ4v) is 1.26. The van der Waals surface area contributed by atoms with E-state index in [2.05, 4.69) is 25.8 Å². The molecule has 0 aliphatic rings. The third-order valence-electron chi connectivity index (χ3n) is 1.92. The number of hydrogen-bond acceptors (Lipinski definition) is 2. The molecule has 13 heavy (non-hydrogen) atoms. The summed E-state index contributed by atoms with van der Waals surface area (Å²) in [5.41, 5.74) is 2.18. The zero-order chi connectivity index (χ0) is 10.1. The van der Waals surface area contributed by atoms with E-state index < -0.39 is 0 Å². The van der Waals surface area contributed by atoms with E-state index in [1.165, 1.54) is 0 Å². The van der Waals surface area contributed by atoms with Crippen LogP contribution in [-0.2, 0) is 5.41 Å². The van der Waals surface area contributed by atoms with Gasteiger partial charge < -0.3 is 4.74 Å². The van der Waals surface area contributed by atoms with Gasteiger partial charge in [-0.15, -0.1) is 0 Å². The zero-order valence-corrected chi connectivity index (χ0v) is 9.01. The number of aryl methyl sites for hydroxylation is 1. The van der Waals surface area contributed by atoms with Crippen molar-refractivity contribution in [1.29, 1.82) is 0 Å². The van der Waals surface area contributed by atoms with Crippen molar-refractivity contribution >= 4 is 0 Å². The summed E-state index contributed by atoms with van der Waals surface area (Å²) < 4.78 is 5.29. The largest absolute Gasteiger partial charge is 0.495 e. The molecule has 0 saturated carbocycles. The highest BCUT2D eigenvalue weighted by Crippen LogP contribution is 2.29. The quantitative estimate of drug-likeness (QED) is 0.661. The molecule has 0 aliphatic carbocycles. The highest BCUT2D eigenvalue weighted by molar-refractivity contribution is 5.35. The van der Waals surface area contributed by atoms with E-state index in [4.69, 9.17) is 4.74 Å². The topological polar surface area (TPSA) is 22.1 Å². The molecular formula is C11H17NO. The molecule has 0 unspecified atom stereocenters. The predicted octanol–water partition coefficient (Wildman–Crippen LogP) is 2.70. The molecular weight excluding hydrogens is 162 g/mol. The molecule has 0 bridgehead atoms. The molecule has 1 aromatic rings. The lowest BCUT2D eigenvalue weighted by Crippen LogP contribution is -2.15. The smallest absolute Gasteiger partial charge is 0.141 e. The summed E-state index contributed by atoms with van der Waals surface area (Å²) >= 11 is 0. The number of hydrogen-bond donors (Lipinski definition) is 0. The summed E-state index contributed by atoms with van der Waals surface area (Å²) in [6.07, 6.45) is 1.88. The van der Waals surface area contributed by atoms with Crippen LogP contribution in [0.15, 0.2) is 12.3 Å². The maximum absolute atomic E-state index is 5.29. The molecule has 2 heteroatoms. The van der Waals surface area contributed by atoms with Gasteiger partial charge in [-0.3, -0.25) is 4.98 Å². The first-order chi connectivity index (χ1) is 5.95. The Kier molecular flexibility index (Phi) is 2.60. The first kappa shape index (κ1) is 10.0. The predicted molar refractivity (Wildman–Crippen MR) is 54.2 cm³/mol. The van der Waals surface area contributed by atoms with E-state index in [0.717, 1.165) is 17.0 Å². The number of nitrogens with zero attached hydrogens (tertiary/aromatic N) is 1. The Morgan fingerprint density at radius 1 is 1.31 bits per heavy atom. The van der Waals surface area contributed by atoms with Crippen LogP contribution in [0.3, 0.4) is 0 Å². The molecule has 1 aromatic heterocycles. The number of pyridine rings is 1. The van der Waals surface area contributed by atoms with Crippen LogP contribution in [0.25, 0.3) is 0 Å². The number of rotatable bonds is 1. The van der Waals surface area contributed by atoms with Gasteiger partial charge in [0.2, 0.25) is 0 Å². The second-order valence-corrected chi connectivity index (χ2v) is 4.31. The van der Waals surface area contributed by atoms with Gasteiger partial charge in [0, 0.05) is 11.6 Å². The van der Waals surface area contributed by atoms with Crippen molar-refractivity contribution in [3.05, 3.63) is 23.5 Å². The van der Waals surface area contributed by atoms with Crippen molar-refractivity contribution in [1.82, 2.24) is 4.98 Å². The van der Waals surface area contributed by atoms with Gasteiger partial charge in [0.25, 0.3) is 0 Å². The van der Waals surface area contributed by atoms with Gasteiger partial charge in [0.1, 0.15) is 5.75 Å². The van der Waals surface area contributed by atoms with Crippen molar-refractivity contribution in [3.8, 4) is 5.75 Å². The molecule has 0 saturated heterocycles. The lowest BCUT2D eigenvalue weighted by atomic mass is 9.90. The third kappa shape index (κ3) is 2.20. The summed E-state index contributed by atoms with van der Waals surface area (Å²) in [4.78, 5) is 4.40. The molecule has 0 atom stereocenters. The van der Waals surface area contributed by atoms with Crippen LogP contribution in [0.1, 0.15) is 32.0 Å². The Morgan fingerprint density at radius 3 is 2.38 bits per heavy atom. The second kappa shape index (κ2) is 3.36. The number of ether oxygens (including phenoxy) is 1. The highest BCUT2D eigenvalue weighted by atomic mass is 16.5. The summed E-state index contributed by atoms with van der Waals surface area (Å²) in [7, 11) is 1.69. The summed E-state index contributed by atoms with van der Waals surface area (Å²) in [5, 5.41) is 0. The van der Waals surface area contributed by atoms with Gasteiger partial charge in [0.05, 0.1) is 12.8 Å². The Bertz CT molecular complexity index is 299. The zero-order valence-electron chi connectivity index (χ0n) is 9.01. The van der Waals surface area contributed by atoms with Gasteiger partial charge in [-0.2, -0.15) is 0 Å². The average molecular weight is 179 g/mol. The van der Waals surface area contributed by atoms with Gasteiger partial charge in [-0.05, 0) is 18.6 Å². The molecule has 0 radical (unpaired) electrons. The van der Waals surface area contributed by atoms with E-state index in [1.807, 2.05) is 19.2 Å². The molecule has 72 valence electrons. The van der Waals surface area contributed by atoms with E-state index in [9.17, 15) is 0 Å². The summed E-state index contributed by atoms with van der Waals surface area (Å²) in [6, 6.07) is 2.02. The standard InChI is InChI=1S/C11H17NO/c1-8-6-9(13-5)10(12-7-8)11(2,3)4/h6-7H,1-5H3. The van der Waals surface area contributed by atoms with Crippen LogP contribution in [-0.4, -0.2) is 12.1 Å². The summed E-state index contributed by atoms with van der Waals surface area (Å²) in [6.45, 7) is 8.41. The van der Waals surface area contributed by atoms with Crippen molar-refractivity contribution in [3.63, 3.8) is 0 Å². The van der Waals surface area contributed by atoms with E-state index in [0.29, 0.717) is 0 Å². The third-order valence-corrected chi connectivity index (χ3v) is 1.92. The maximum Gasteiger partial charge on any atom is 0.141 e. The molecule has 0 amide bonds. The fraction of sp³-hybridized carbons (Fsp3) is 0.545. The van der Waals surface area contributed by atoms with Crippen LogP contribution < -0.4 is 4.74 Å². The highest BCUT2D eigenvalue weighted by Gasteiger charge is 2.20. The summed E-state index contributed by atoms with van der Waals surface area (Å²) in [5.74, 6) is 0.882. The molecule has 0 N–H and O–H groups in total. The molecule has 0 aliphatic heterocycles. The Balaban J connectivity index is 3.22. The molecule has 0 aromatic carbocycles. The normalized spacial score (nSPS) is 11.5.